The maximum absolute atomic E-state index is 12.4. The van der Waals surface area contributed by atoms with E-state index in [1.807, 2.05) is 6.92 Å². The van der Waals surface area contributed by atoms with Gasteiger partial charge in [-0.1, -0.05) is 0 Å². The van der Waals surface area contributed by atoms with Gasteiger partial charge in [-0.3, -0.25) is 0 Å². The molecule has 2 rings (SSSR count). The lowest BCUT2D eigenvalue weighted by Gasteiger charge is -2.31. The SMILES string of the molecule is Cc1cc(S(=O)(=O)NC2CCCN(S(C)(=O)=O)C2)c(C)s1. The summed E-state index contributed by atoms with van der Waals surface area (Å²) in [6, 6.07) is 1.28. The molecule has 0 aliphatic carbocycles. The highest BCUT2D eigenvalue weighted by Crippen LogP contribution is 2.25. The summed E-state index contributed by atoms with van der Waals surface area (Å²) < 4.78 is 52.0. The zero-order chi connectivity index (χ0) is 15.8. The summed E-state index contributed by atoms with van der Waals surface area (Å²) in [5, 5.41) is 0. The van der Waals surface area contributed by atoms with Gasteiger partial charge in [0.2, 0.25) is 20.0 Å². The van der Waals surface area contributed by atoms with E-state index in [1.165, 1.54) is 15.6 Å². The highest BCUT2D eigenvalue weighted by molar-refractivity contribution is 7.89. The third-order valence-corrected chi connectivity index (χ3v) is 7.47. The van der Waals surface area contributed by atoms with Gasteiger partial charge in [-0.25, -0.2) is 25.9 Å². The van der Waals surface area contributed by atoms with E-state index in [2.05, 4.69) is 4.72 Å². The molecule has 1 saturated heterocycles. The predicted octanol–water partition coefficient (Wildman–Crippen LogP) is 1.07. The van der Waals surface area contributed by atoms with Crippen molar-refractivity contribution >= 4 is 31.4 Å². The Morgan fingerprint density at radius 2 is 1.95 bits per heavy atom. The van der Waals surface area contributed by atoms with Gasteiger partial charge in [0.05, 0.1) is 11.2 Å². The van der Waals surface area contributed by atoms with Crippen LogP contribution in [0.5, 0.6) is 0 Å². The van der Waals surface area contributed by atoms with Gasteiger partial charge in [-0.05, 0) is 32.8 Å². The molecule has 6 nitrogen and oxygen atoms in total. The fourth-order valence-corrected chi connectivity index (χ4v) is 6.23. The first-order valence-corrected chi connectivity index (χ1v) is 10.8. The monoisotopic (exact) mass is 352 g/mol. The molecule has 0 aromatic carbocycles. The van der Waals surface area contributed by atoms with Gasteiger partial charge < -0.3 is 0 Å². The highest BCUT2D eigenvalue weighted by Gasteiger charge is 2.30. The minimum atomic E-state index is -3.60. The summed E-state index contributed by atoms with van der Waals surface area (Å²) in [6.45, 7) is 4.28. The number of thiophene rings is 1. The van der Waals surface area contributed by atoms with Crippen molar-refractivity contribution in [1.29, 1.82) is 0 Å². The van der Waals surface area contributed by atoms with Crippen molar-refractivity contribution < 1.29 is 16.8 Å². The fraction of sp³-hybridized carbons (Fsp3) is 0.667. The van der Waals surface area contributed by atoms with Gasteiger partial charge in [0.1, 0.15) is 0 Å². The molecule has 2 heterocycles. The summed E-state index contributed by atoms with van der Waals surface area (Å²) in [5.74, 6) is 0. The molecule has 0 amide bonds. The third-order valence-electron chi connectivity index (χ3n) is 3.46. The first kappa shape index (κ1) is 16.9. The lowest BCUT2D eigenvalue weighted by Crippen LogP contribution is -2.49. The number of hydrogen-bond donors (Lipinski definition) is 1. The van der Waals surface area contributed by atoms with Crippen molar-refractivity contribution in [2.24, 2.45) is 0 Å². The first-order valence-electron chi connectivity index (χ1n) is 6.64. The van der Waals surface area contributed by atoms with Crippen LogP contribution in [0, 0.1) is 13.8 Å². The van der Waals surface area contributed by atoms with E-state index in [4.69, 9.17) is 0 Å². The molecule has 1 unspecified atom stereocenters. The predicted molar refractivity (Wildman–Crippen MR) is 83.6 cm³/mol. The Bertz CT molecular complexity index is 722. The van der Waals surface area contributed by atoms with Crippen LogP contribution in [0.25, 0.3) is 0 Å². The normalized spacial score (nSPS) is 21.6. The Morgan fingerprint density at radius 3 is 2.48 bits per heavy atom. The van der Waals surface area contributed by atoms with Gasteiger partial charge in [0, 0.05) is 28.9 Å². The van der Waals surface area contributed by atoms with Gasteiger partial charge in [0.15, 0.2) is 0 Å². The number of aryl methyl sites for hydroxylation is 2. The average Bonchev–Trinajstić information content (AvgIpc) is 2.68. The Labute approximate surface area is 130 Å². The average molecular weight is 353 g/mol. The number of rotatable bonds is 4. The number of sulfonamides is 2. The van der Waals surface area contributed by atoms with E-state index < -0.39 is 20.0 Å². The lowest BCUT2D eigenvalue weighted by molar-refractivity contribution is 0.305. The molecule has 9 heteroatoms. The smallest absolute Gasteiger partial charge is 0.213 e. The van der Waals surface area contributed by atoms with Crippen molar-refractivity contribution in [2.75, 3.05) is 19.3 Å². The molecule has 0 radical (unpaired) electrons. The third kappa shape index (κ3) is 4.04. The van der Waals surface area contributed by atoms with Gasteiger partial charge in [-0.2, -0.15) is 0 Å². The van der Waals surface area contributed by atoms with Crippen LogP contribution in [0.4, 0.5) is 0 Å². The van der Waals surface area contributed by atoms with Crippen LogP contribution in [0.1, 0.15) is 22.6 Å². The summed E-state index contributed by atoms with van der Waals surface area (Å²) in [7, 11) is -6.88. The van der Waals surface area contributed by atoms with Crippen LogP contribution in [-0.2, 0) is 20.0 Å². The Balaban J connectivity index is 2.15. The maximum atomic E-state index is 12.4. The molecule has 1 fully saturated rings. The number of nitrogens with zero attached hydrogens (tertiary/aromatic N) is 1. The molecule has 1 aliphatic rings. The van der Waals surface area contributed by atoms with Gasteiger partial charge >= 0.3 is 0 Å². The molecule has 1 aromatic rings. The van der Waals surface area contributed by atoms with Gasteiger partial charge in [-0.15, -0.1) is 11.3 Å². The van der Waals surface area contributed by atoms with Crippen molar-refractivity contribution in [1.82, 2.24) is 9.03 Å². The highest BCUT2D eigenvalue weighted by atomic mass is 32.2. The van der Waals surface area contributed by atoms with Crippen LogP contribution < -0.4 is 4.72 Å². The van der Waals surface area contributed by atoms with Crippen molar-refractivity contribution in [3.63, 3.8) is 0 Å². The van der Waals surface area contributed by atoms with Crippen LogP contribution in [-0.4, -0.2) is 46.5 Å². The minimum Gasteiger partial charge on any atom is -0.213 e. The van der Waals surface area contributed by atoms with E-state index in [9.17, 15) is 16.8 Å². The van der Waals surface area contributed by atoms with Crippen LogP contribution in [0.15, 0.2) is 11.0 Å². The molecule has 21 heavy (non-hydrogen) atoms. The van der Waals surface area contributed by atoms with Crippen LogP contribution >= 0.6 is 11.3 Å². The van der Waals surface area contributed by atoms with Gasteiger partial charge in [0.25, 0.3) is 0 Å². The summed E-state index contributed by atoms with van der Waals surface area (Å²) in [5.41, 5.74) is 0. The largest absolute Gasteiger partial charge is 0.241 e. The second kappa shape index (κ2) is 5.96. The number of hydrogen-bond acceptors (Lipinski definition) is 5. The molecular formula is C12H20N2O4S3. The molecule has 1 aromatic heterocycles. The summed E-state index contributed by atoms with van der Waals surface area (Å²) >= 11 is 1.44. The molecule has 120 valence electrons. The van der Waals surface area contributed by atoms with Crippen LogP contribution in [0.2, 0.25) is 0 Å². The van der Waals surface area contributed by atoms with Crippen LogP contribution in [0.3, 0.4) is 0 Å². The van der Waals surface area contributed by atoms with E-state index in [-0.39, 0.29) is 12.6 Å². The summed E-state index contributed by atoms with van der Waals surface area (Å²) in [6.07, 6.45) is 2.45. The van der Waals surface area contributed by atoms with E-state index in [0.29, 0.717) is 24.3 Å². The zero-order valence-corrected chi connectivity index (χ0v) is 14.7. The topological polar surface area (TPSA) is 83.6 Å². The molecule has 0 bridgehead atoms. The Hall–Kier alpha value is -0.480. The number of nitrogens with one attached hydrogen (secondary N) is 1. The summed E-state index contributed by atoms with van der Waals surface area (Å²) in [4.78, 5) is 1.98. The molecular weight excluding hydrogens is 332 g/mol. The molecule has 1 aliphatic heterocycles. The molecule has 0 saturated carbocycles. The second-order valence-electron chi connectivity index (χ2n) is 5.36. The lowest BCUT2D eigenvalue weighted by atomic mass is 10.1. The second-order valence-corrected chi connectivity index (χ2v) is 10.5. The number of piperidine rings is 1. The van der Waals surface area contributed by atoms with E-state index in [0.717, 1.165) is 16.0 Å². The van der Waals surface area contributed by atoms with Crippen molar-refractivity contribution in [2.45, 2.75) is 37.6 Å². The Morgan fingerprint density at radius 1 is 1.29 bits per heavy atom. The van der Waals surface area contributed by atoms with E-state index >= 15 is 0 Å². The molecule has 0 spiro atoms. The quantitative estimate of drug-likeness (QED) is 0.878. The standard InChI is InChI=1S/C12H20N2O4S3/c1-9-7-12(10(2)19-9)21(17,18)13-11-5-4-6-14(8-11)20(3,15)16/h7,11,13H,4-6,8H2,1-3H3. The van der Waals surface area contributed by atoms with Crippen molar-refractivity contribution in [3.05, 3.63) is 15.8 Å². The van der Waals surface area contributed by atoms with E-state index in [1.54, 1.807) is 13.0 Å². The van der Waals surface area contributed by atoms with Crippen molar-refractivity contribution in [3.8, 4) is 0 Å². The first-order chi connectivity index (χ1) is 9.59. The minimum absolute atomic E-state index is 0.195. The zero-order valence-electron chi connectivity index (χ0n) is 12.3. The Kier molecular flexibility index (Phi) is 4.79. The molecule has 1 N–H and O–H groups in total. The maximum Gasteiger partial charge on any atom is 0.241 e. The molecule has 1 atom stereocenters. The fourth-order valence-electron chi connectivity index (χ4n) is 2.50.